The number of carbonyl (C=O) groups excluding carboxylic acids is 1. The van der Waals surface area contributed by atoms with E-state index in [1.54, 1.807) is 0 Å². The maximum absolute atomic E-state index is 11.9. The Bertz CT molecular complexity index is 454. The lowest BCUT2D eigenvalue weighted by Crippen LogP contribution is -2.33. The second kappa shape index (κ2) is 7.10. The number of hydrogen-bond acceptors (Lipinski definition) is 3. The minimum absolute atomic E-state index is 0. The molecule has 0 bridgehead atoms. The summed E-state index contributed by atoms with van der Waals surface area (Å²) in [5.74, 6) is -0.0464. The molecule has 0 aromatic heterocycles. The Morgan fingerprint density at radius 2 is 2.32 bits per heavy atom. The molecule has 1 aromatic rings. The van der Waals surface area contributed by atoms with E-state index in [2.05, 4.69) is 10.2 Å². The Hall–Kier alpha value is -0.810. The van der Waals surface area contributed by atoms with Gasteiger partial charge in [-0.3, -0.25) is 9.69 Å². The molecule has 2 rings (SSSR count). The van der Waals surface area contributed by atoms with Crippen LogP contribution in [0.5, 0.6) is 0 Å². The van der Waals surface area contributed by atoms with Gasteiger partial charge in [0.25, 0.3) is 0 Å². The molecule has 1 aliphatic rings. The monoisotopic (exact) mass is 303 g/mol. The summed E-state index contributed by atoms with van der Waals surface area (Å²) < 4.78 is 0. The number of nitrogens with two attached hydrogens (primary N) is 1. The zero-order valence-electron chi connectivity index (χ0n) is 10.9. The number of rotatable bonds is 3. The first-order valence-electron chi connectivity index (χ1n) is 6.08. The van der Waals surface area contributed by atoms with E-state index in [0.29, 0.717) is 17.3 Å². The lowest BCUT2D eigenvalue weighted by atomic mass is 10.2. The molecule has 0 saturated carbocycles. The number of nitrogens with zero attached hydrogens (tertiary/aromatic N) is 1. The third kappa shape index (κ3) is 4.66. The summed E-state index contributed by atoms with van der Waals surface area (Å²) in [4.78, 5) is 13.9. The molecule has 1 heterocycles. The first-order valence-corrected chi connectivity index (χ1v) is 6.46. The van der Waals surface area contributed by atoms with Crippen molar-refractivity contribution in [3.8, 4) is 0 Å². The molecule has 1 aliphatic heterocycles. The van der Waals surface area contributed by atoms with Crippen molar-refractivity contribution >= 4 is 35.6 Å². The van der Waals surface area contributed by atoms with Crippen LogP contribution in [0.4, 0.5) is 5.69 Å². The maximum Gasteiger partial charge on any atom is 0.238 e. The number of halogens is 2. The number of nitrogens with one attached hydrogen (secondary N) is 1. The molecule has 0 radical (unpaired) electrons. The van der Waals surface area contributed by atoms with E-state index in [1.165, 1.54) is 0 Å². The summed E-state index contributed by atoms with van der Waals surface area (Å²) >= 11 is 6.07. The van der Waals surface area contributed by atoms with Crippen LogP contribution < -0.4 is 11.1 Å². The van der Waals surface area contributed by atoms with E-state index in [1.807, 2.05) is 25.1 Å². The second-order valence-corrected chi connectivity index (χ2v) is 5.22. The smallest absolute Gasteiger partial charge is 0.238 e. The molecule has 6 heteroatoms. The van der Waals surface area contributed by atoms with Crippen LogP contribution in [0.3, 0.4) is 0 Å². The van der Waals surface area contributed by atoms with Gasteiger partial charge in [-0.1, -0.05) is 17.7 Å². The van der Waals surface area contributed by atoms with Gasteiger partial charge in [-0.15, -0.1) is 12.4 Å². The molecule has 3 N–H and O–H groups in total. The average molecular weight is 304 g/mol. The van der Waals surface area contributed by atoms with Crippen molar-refractivity contribution in [1.29, 1.82) is 0 Å². The van der Waals surface area contributed by atoms with Gasteiger partial charge < -0.3 is 11.1 Å². The van der Waals surface area contributed by atoms with Gasteiger partial charge in [0.1, 0.15) is 0 Å². The predicted molar refractivity (Wildman–Crippen MR) is 81.1 cm³/mol. The van der Waals surface area contributed by atoms with Gasteiger partial charge in [0, 0.05) is 19.1 Å². The zero-order valence-corrected chi connectivity index (χ0v) is 12.4. The third-order valence-corrected chi connectivity index (χ3v) is 3.39. The first kappa shape index (κ1) is 16.2. The number of anilines is 1. The number of likely N-dealkylation sites (tertiary alicyclic amines) is 1. The summed E-state index contributed by atoms with van der Waals surface area (Å²) in [6, 6.07) is 5.78. The molecule has 1 fully saturated rings. The predicted octanol–water partition coefficient (Wildman–Crippen LogP) is 2.04. The molecule has 0 spiro atoms. The molecule has 106 valence electrons. The highest BCUT2D eigenvalue weighted by Crippen LogP contribution is 2.22. The van der Waals surface area contributed by atoms with E-state index in [0.717, 1.165) is 25.1 Å². The molecule has 4 nitrogen and oxygen atoms in total. The van der Waals surface area contributed by atoms with Crippen LogP contribution in [-0.2, 0) is 4.79 Å². The van der Waals surface area contributed by atoms with Gasteiger partial charge in [-0.2, -0.15) is 0 Å². The van der Waals surface area contributed by atoms with Gasteiger partial charge in [0.15, 0.2) is 0 Å². The van der Waals surface area contributed by atoms with Crippen LogP contribution in [0.2, 0.25) is 5.02 Å². The van der Waals surface area contributed by atoms with Gasteiger partial charge in [-0.25, -0.2) is 0 Å². The van der Waals surface area contributed by atoms with Crippen LogP contribution in [-0.4, -0.2) is 36.5 Å². The average Bonchev–Trinajstić information content (AvgIpc) is 2.68. The number of aryl methyl sites for hydroxylation is 1. The molecule has 1 unspecified atom stereocenters. The number of hydrogen-bond donors (Lipinski definition) is 2. The zero-order chi connectivity index (χ0) is 13.1. The Morgan fingerprint density at radius 3 is 2.89 bits per heavy atom. The summed E-state index contributed by atoms with van der Waals surface area (Å²) in [7, 11) is 0. The second-order valence-electron chi connectivity index (χ2n) is 4.82. The van der Waals surface area contributed by atoms with Crippen molar-refractivity contribution < 1.29 is 4.79 Å². The highest BCUT2D eigenvalue weighted by Gasteiger charge is 2.21. The Kier molecular flexibility index (Phi) is 6.07. The lowest BCUT2D eigenvalue weighted by molar-refractivity contribution is -0.117. The maximum atomic E-state index is 11.9. The Labute approximate surface area is 124 Å². The largest absolute Gasteiger partial charge is 0.326 e. The summed E-state index contributed by atoms with van der Waals surface area (Å²) in [5.41, 5.74) is 7.54. The minimum atomic E-state index is -0.0464. The van der Waals surface area contributed by atoms with Crippen molar-refractivity contribution in [2.45, 2.75) is 19.4 Å². The van der Waals surface area contributed by atoms with E-state index in [4.69, 9.17) is 17.3 Å². The highest BCUT2D eigenvalue weighted by atomic mass is 35.5. The fourth-order valence-corrected chi connectivity index (χ4v) is 2.40. The van der Waals surface area contributed by atoms with Crippen molar-refractivity contribution in [3.05, 3.63) is 28.8 Å². The molecular weight excluding hydrogens is 285 g/mol. The fourth-order valence-electron chi connectivity index (χ4n) is 2.12. The molecule has 1 atom stereocenters. The Balaban J connectivity index is 0.00000180. The molecule has 1 aromatic carbocycles. The molecular formula is C13H19Cl2N3O. The Morgan fingerprint density at radius 1 is 1.58 bits per heavy atom. The van der Waals surface area contributed by atoms with Crippen LogP contribution in [0.1, 0.15) is 12.0 Å². The molecule has 0 aliphatic carbocycles. The number of benzene rings is 1. The van der Waals surface area contributed by atoms with Crippen molar-refractivity contribution in [3.63, 3.8) is 0 Å². The van der Waals surface area contributed by atoms with Crippen molar-refractivity contribution in [2.75, 3.05) is 25.0 Å². The van der Waals surface area contributed by atoms with Crippen LogP contribution in [0, 0.1) is 6.92 Å². The number of carbonyl (C=O) groups is 1. The highest BCUT2D eigenvalue weighted by molar-refractivity contribution is 6.33. The van der Waals surface area contributed by atoms with E-state index in [-0.39, 0.29) is 24.4 Å². The minimum Gasteiger partial charge on any atom is -0.326 e. The summed E-state index contributed by atoms with van der Waals surface area (Å²) in [6.07, 6.45) is 0.957. The van der Waals surface area contributed by atoms with Crippen molar-refractivity contribution in [1.82, 2.24) is 4.90 Å². The van der Waals surface area contributed by atoms with E-state index in [9.17, 15) is 4.79 Å². The topological polar surface area (TPSA) is 58.4 Å². The lowest BCUT2D eigenvalue weighted by Gasteiger charge is -2.15. The quantitative estimate of drug-likeness (QED) is 0.898. The van der Waals surface area contributed by atoms with Crippen molar-refractivity contribution in [2.24, 2.45) is 5.73 Å². The van der Waals surface area contributed by atoms with E-state index < -0.39 is 0 Å². The first-order chi connectivity index (χ1) is 8.54. The van der Waals surface area contributed by atoms with Crippen LogP contribution in [0.15, 0.2) is 18.2 Å². The van der Waals surface area contributed by atoms with Gasteiger partial charge in [-0.05, 0) is 31.0 Å². The normalized spacial score (nSPS) is 19.0. The molecule has 1 saturated heterocycles. The molecule has 1 amide bonds. The summed E-state index contributed by atoms with van der Waals surface area (Å²) in [5, 5.41) is 3.40. The summed E-state index contributed by atoms with van der Waals surface area (Å²) in [6.45, 7) is 4.01. The third-order valence-electron chi connectivity index (χ3n) is 3.07. The standard InChI is InChI=1S/C13H18ClN3O.ClH/c1-9-2-3-12(11(14)6-9)16-13(18)8-17-5-4-10(15)7-17;/h2-3,6,10H,4-5,7-8,15H2,1H3,(H,16,18);1H. The van der Waals surface area contributed by atoms with Gasteiger partial charge in [0.05, 0.1) is 17.3 Å². The fraction of sp³-hybridized carbons (Fsp3) is 0.462. The van der Waals surface area contributed by atoms with Crippen LogP contribution in [0.25, 0.3) is 0 Å². The van der Waals surface area contributed by atoms with E-state index >= 15 is 0 Å². The van der Waals surface area contributed by atoms with Crippen LogP contribution >= 0.6 is 24.0 Å². The van der Waals surface area contributed by atoms with Gasteiger partial charge >= 0.3 is 0 Å². The number of amides is 1. The van der Waals surface area contributed by atoms with Gasteiger partial charge in [0.2, 0.25) is 5.91 Å². The SMILES string of the molecule is Cc1ccc(NC(=O)CN2CCC(N)C2)c(Cl)c1.Cl. The molecule has 19 heavy (non-hydrogen) atoms.